The summed E-state index contributed by atoms with van der Waals surface area (Å²) < 4.78 is 11.6. The zero-order chi connectivity index (χ0) is 22.3. The molecule has 2 heterocycles. The first-order chi connectivity index (χ1) is 14.0. The summed E-state index contributed by atoms with van der Waals surface area (Å²) in [5, 5.41) is 20.1. The summed E-state index contributed by atoms with van der Waals surface area (Å²) in [4.78, 5) is 17.2. The highest BCUT2D eigenvalue weighted by molar-refractivity contribution is 6.29. The number of aryl methyl sites for hydroxylation is 1. The van der Waals surface area contributed by atoms with Gasteiger partial charge in [0.15, 0.2) is 5.78 Å². The lowest BCUT2D eigenvalue weighted by Crippen LogP contribution is -2.49. The van der Waals surface area contributed by atoms with Crippen molar-refractivity contribution in [1.82, 2.24) is 4.98 Å². The van der Waals surface area contributed by atoms with E-state index in [-0.39, 0.29) is 28.1 Å². The molecule has 1 N–H and O–H groups in total. The van der Waals surface area contributed by atoms with Gasteiger partial charge in [-0.3, -0.25) is 4.79 Å². The topological polar surface area (TPSA) is 92.4 Å². The van der Waals surface area contributed by atoms with Gasteiger partial charge in [0, 0.05) is 6.07 Å². The van der Waals surface area contributed by atoms with Gasteiger partial charge in [0.25, 0.3) is 0 Å². The SMILES string of the molecule is CCc1ccc(Oc2cc(C#N)cc(Cl)n2)cc1C1=C(O)C(C)(C)OC(C)(C)C1=O. The number of pyridine rings is 1. The van der Waals surface area contributed by atoms with Crippen molar-refractivity contribution < 1.29 is 19.4 Å². The fraction of sp³-hybridized carbons (Fsp3) is 0.348. The molecule has 0 bridgehead atoms. The zero-order valence-corrected chi connectivity index (χ0v) is 18.3. The summed E-state index contributed by atoms with van der Waals surface area (Å²) in [5.41, 5.74) is -0.130. The van der Waals surface area contributed by atoms with Crippen molar-refractivity contribution in [3.63, 3.8) is 0 Å². The summed E-state index contributed by atoms with van der Waals surface area (Å²) in [6.07, 6.45) is 0.648. The Balaban J connectivity index is 2.13. The molecule has 0 radical (unpaired) electrons. The summed E-state index contributed by atoms with van der Waals surface area (Å²) in [6, 6.07) is 10.2. The van der Waals surface area contributed by atoms with E-state index in [1.165, 1.54) is 12.1 Å². The van der Waals surface area contributed by atoms with Crippen LogP contribution >= 0.6 is 11.6 Å². The minimum atomic E-state index is -1.09. The maximum atomic E-state index is 13.2. The van der Waals surface area contributed by atoms with Crippen molar-refractivity contribution in [1.29, 1.82) is 5.26 Å². The van der Waals surface area contributed by atoms with E-state index in [0.717, 1.165) is 5.56 Å². The highest BCUT2D eigenvalue weighted by Crippen LogP contribution is 2.41. The molecule has 0 atom stereocenters. The summed E-state index contributed by atoms with van der Waals surface area (Å²) in [7, 11) is 0. The number of carbonyl (C=O) groups is 1. The molecule has 0 amide bonds. The molecule has 2 aromatic rings. The lowest BCUT2D eigenvalue weighted by atomic mass is 9.81. The summed E-state index contributed by atoms with van der Waals surface area (Å²) >= 11 is 5.96. The third kappa shape index (κ3) is 4.04. The lowest BCUT2D eigenvalue weighted by Gasteiger charge is -2.40. The largest absolute Gasteiger partial charge is 0.508 e. The monoisotopic (exact) mass is 426 g/mol. The number of nitrogens with zero attached hydrogens (tertiary/aromatic N) is 2. The van der Waals surface area contributed by atoms with Gasteiger partial charge >= 0.3 is 0 Å². The summed E-state index contributed by atoms with van der Waals surface area (Å²) in [6.45, 7) is 8.79. The fourth-order valence-corrected chi connectivity index (χ4v) is 3.76. The molecule has 0 aliphatic carbocycles. The van der Waals surface area contributed by atoms with Crippen LogP contribution in [0.15, 0.2) is 36.1 Å². The first kappa shape index (κ1) is 21.8. The van der Waals surface area contributed by atoms with Gasteiger partial charge in [0.2, 0.25) is 5.88 Å². The molecule has 0 unspecified atom stereocenters. The van der Waals surface area contributed by atoms with Gasteiger partial charge < -0.3 is 14.6 Å². The molecule has 3 rings (SSSR count). The minimum Gasteiger partial charge on any atom is -0.508 e. The number of hydrogen-bond donors (Lipinski definition) is 1. The molecule has 1 aliphatic rings. The second kappa shape index (κ2) is 7.75. The van der Waals surface area contributed by atoms with Crippen LogP contribution in [-0.4, -0.2) is 27.1 Å². The predicted octanol–water partition coefficient (Wildman–Crippen LogP) is 5.39. The van der Waals surface area contributed by atoms with E-state index >= 15 is 0 Å². The normalized spacial score (nSPS) is 17.6. The Morgan fingerprint density at radius 2 is 1.90 bits per heavy atom. The van der Waals surface area contributed by atoms with Crippen molar-refractivity contribution in [3.05, 3.63) is 57.9 Å². The molecule has 0 spiro atoms. The number of benzene rings is 1. The van der Waals surface area contributed by atoms with Gasteiger partial charge in [-0.25, -0.2) is 4.98 Å². The molecule has 0 saturated heterocycles. The Hall–Kier alpha value is -2.88. The van der Waals surface area contributed by atoms with Gasteiger partial charge in [-0.1, -0.05) is 24.6 Å². The Kier molecular flexibility index (Phi) is 5.64. The molecular weight excluding hydrogens is 404 g/mol. The number of Topliss-reactive ketones (excluding diaryl/α,β-unsaturated/α-hetero) is 1. The Morgan fingerprint density at radius 3 is 2.53 bits per heavy atom. The van der Waals surface area contributed by atoms with Crippen molar-refractivity contribution in [2.45, 2.75) is 52.2 Å². The number of ketones is 1. The number of aliphatic hydroxyl groups excluding tert-OH is 1. The standard InChI is InChI=1S/C23H23ClN2O4/c1-6-14-7-8-15(29-18-10-13(12-25)9-17(24)26-18)11-16(14)19-20(27)22(2,3)30-23(4,5)21(19)28/h7-11,27H,6H2,1-5H3. The van der Waals surface area contributed by atoms with E-state index < -0.39 is 11.2 Å². The summed E-state index contributed by atoms with van der Waals surface area (Å²) in [5.74, 6) is 0.132. The first-order valence-corrected chi connectivity index (χ1v) is 9.94. The van der Waals surface area contributed by atoms with E-state index in [9.17, 15) is 9.90 Å². The van der Waals surface area contributed by atoms with Crippen LogP contribution in [0.2, 0.25) is 5.15 Å². The smallest absolute Gasteiger partial charge is 0.221 e. The zero-order valence-electron chi connectivity index (χ0n) is 17.5. The molecule has 1 aromatic carbocycles. The maximum Gasteiger partial charge on any atom is 0.221 e. The van der Waals surface area contributed by atoms with Crippen molar-refractivity contribution in [3.8, 4) is 17.7 Å². The number of aromatic nitrogens is 1. The van der Waals surface area contributed by atoms with Crippen LogP contribution in [0.4, 0.5) is 0 Å². The quantitative estimate of drug-likeness (QED) is 0.659. The molecule has 1 aliphatic heterocycles. The van der Waals surface area contributed by atoms with Crippen molar-refractivity contribution in [2.24, 2.45) is 0 Å². The van der Waals surface area contributed by atoms with Gasteiger partial charge in [0.05, 0.1) is 17.2 Å². The van der Waals surface area contributed by atoms with Crippen LogP contribution in [0.3, 0.4) is 0 Å². The number of carbonyl (C=O) groups excluding carboxylic acids is 1. The number of halogens is 1. The molecule has 7 heteroatoms. The van der Waals surface area contributed by atoms with Gasteiger partial charge in [-0.05, 0) is 63.4 Å². The Labute approximate surface area is 180 Å². The third-order valence-corrected chi connectivity index (χ3v) is 5.14. The number of rotatable bonds is 4. The molecular formula is C23H23ClN2O4. The van der Waals surface area contributed by atoms with Crippen LogP contribution in [0, 0.1) is 11.3 Å². The highest BCUT2D eigenvalue weighted by atomic mass is 35.5. The molecule has 30 heavy (non-hydrogen) atoms. The van der Waals surface area contributed by atoms with Gasteiger partial charge in [0.1, 0.15) is 27.9 Å². The van der Waals surface area contributed by atoms with Crippen LogP contribution < -0.4 is 4.74 Å². The Bertz CT molecular complexity index is 1100. The van der Waals surface area contributed by atoms with Crippen LogP contribution in [0.1, 0.15) is 51.3 Å². The van der Waals surface area contributed by atoms with Crippen LogP contribution in [0.5, 0.6) is 11.6 Å². The number of nitriles is 1. The average molecular weight is 427 g/mol. The number of ether oxygens (including phenoxy) is 2. The highest BCUT2D eigenvalue weighted by Gasteiger charge is 2.47. The van der Waals surface area contributed by atoms with Gasteiger partial charge in [-0.2, -0.15) is 5.26 Å². The second-order valence-corrected chi connectivity index (χ2v) is 8.47. The second-order valence-electron chi connectivity index (χ2n) is 8.08. The first-order valence-electron chi connectivity index (χ1n) is 9.56. The third-order valence-electron chi connectivity index (χ3n) is 4.94. The number of aliphatic hydroxyl groups is 1. The molecule has 0 fully saturated rings. The van der Waals surface area contributed by atoms with Gasteiger partial charge in [-0.15, -0.1) is 0 Å². The van der Waals surface area contributed by atoms with Crippen LogP contribution in [0.25, 0.3) is 5.57 Å². The predicted molar refractivity (Wildman–Crippen MR) is 114 cm³/mol. The average Bonchev–Trinajstić information content (AvgIpc) is 2.66. The fourth-order valence-electron chi connectivity index (χ4n) is 3.56. The number of hydrogen-bond acceptors (Lipinski definition) is 6. The maximum absolute atomic E-state index is 13.2. The van der Waals surface area contributed by atoms with E-state index in [4.69, 9.17) is 26.3 Å². The lowest BCUT2D eigenvalue weighted by molar-refractivity contribution is -0.158. The molecule has 156 valence electrons. The van der Waals surface area contributed by atoms with E-state index in [0.29, 0.717) is 23.3 Å². The Morgan fingerprint density at radius 1 is 1.20 bits per heavy atom. The van der Waals surface area contributed by atoms with Crippen LogP contribution in [-0.2, 0) is 16.0 Å². The van der Waals surface area contributed by atoms with Crippen molar-refractivity contribution >= 4 is 23.0 Å². The van der Waals surface area contributed by atoms with E-state index in [1.807, 2.05) is 19.1 Å². The van der Waals surface area contributed by atoms with E-state index in [2.05, 4.69) is 4.98 Å². The van der Waals surface area contributed by atoms with E-state index in [1.54, 1.807) is 39.8 Å². The molecule has 1 aromatic heterocycles. The molecule has 6 nitrogen and oxygen atoms in total. The molecule has 0 saturated carbocycles. The minimum absolute atomic E-state index is 0.119. The van der Waals surface area contributed by atoms with Crippen molar-refractivity contribution in [2.75, 3.05) is 0 Å².